The lowest BCUT2D eigenvalue weighted by Gasteiger charge is -2.12. The van der Waals surface area contributed by atoms with Gasteiger partial charge in [0.15, 0.2) is 5.76 Å². The van der Waals surface area contributed by atoms with E-state index in [2.05, 4.69) is 47.9 Å². The van der Waals surface area contributed by atoms with Crippen molar-refractivity contribution in [2.75, 3.05) is 6.54 Å². The van der Waals surface area contributed by atoms with Gasteiger partial charge in [-0.3, -0.25) is 0 Å². The highest BCUT2D eigenvalue weighted by molar-refractivity contribution is 5.75. The normalized spacial score (nSPS) is 11.1. The summed E-state index contributed by atoms with van der Waals surface area (Å²) in [7, 11) is 0. The molecule has 0 radical (unpaired) electrons. The monoisotopic (exact) mass is 320 g/mol. The van der Waals surface area contributed by atoms with Crippen LogP contribution in [0.15, 0.2) is 64.7 Å². The van der Waals surface area contributed by atoms with Crippen LogP contribution in [0.3, 0.4) is 0 Å². The van der Waals surface area contributed by atoms with Gasteiger partial charge in [0, 0.05) is 24.2 Å². The van der Waals surface area contributed by atoms with Gasteiger partial charge in [-0.15, -0.1) is 0 Å². The second-order valence-electron chi connectivity index (χ2n) is 5.06. The molecule has 0 amide bonds. The number of rotatable bonds is 6. The summed E-state index contributed by atoms with van der Waals surface area (Å²) in [6.07, 6.45) is 5.63. The zero-order valence-corrected chi connectivity index (χ0v) is 13.6. The summed E-state index contributed by atoms with van der Waals surface area (Å²) in [5.74, 6) is 7.01. The zero-order valence-electron chi connectivity index (χ0n) is 13.6. The minimum absolute atomic E-state index is 0.468. The molecular weight excluding hydrogens is 300 g/mol. The minimum atomic E-state index is 0.468. The Morgan fingerprint density at radius 2 is 2.17 bits per heavy atom. The Morgan fingerprint density at radius 1 is 1.33 bits per heavy atom. The Bertz CT molecular complexity index is 804. The van der Waals surface area contributed by atoms with E-state index in [4.69, 9.17) is 9.62 Å². The Kier molecular flexibility index (Phi) is 6.48. The number of benzene rings is 1. The van der Waals surface area contributed by atoms with E-state index in [1.54, 1.807) is 18.2 Å². The molecule has 0 atom stereocenters. The zero-order chi connectivity index (χ0) is 17.2. The van der Waals surface area contributed by atoms with E-state index in [-0.39, 0.29) is 0 Å². The fourth-order valence-corrected chi connectivity index (χ4v) is 2.19. The summed E-state index contributed by atoms with van der Waals surface area (Å²) in [5.41, 5.74) is 3.39. The van der Waals surface area contributed by atoms with E-state index >= 15 is 0 Å². The number of oxime groups is 1. The van der Waals surface area contributed by atoms with Gasteiger partial charge < -0.3 is 14.9 Å². The Balaban J connectivity index is 1.92. The van der Waals surface area contributed by atoms with Gasteiger partial charge in [0.1, 0.15) is 12.0 Å². The molecule has 0 aliphatic carbocycles. The SMILES string of the molecule is C=C/C=C(/NCCC#Cc1ccc(/C=N/O)o1)c1ccccc1C. The molecule has 1 aromatic carbocycles. The Labute approximate surface area is 142 Å². The van der Waals surface area contributed by atoms with Crippen LogP contribution in [-0.2, 0) is 0 Å². The molecule has 24 heavy (non-hydrogen) atoms. The van der Waals surface area contributed by atoms with Gasteiger partial charge in [0.2, 0.25) is 0 Å². The summed E-state index contributed by atoms with van der Waals surface area (Å²) in [6.45, 7) is 6.57. The fraction of sp³-hybridized carbons (Fsp3) is 0.150. The highest BCUT2D eigenvalue weighted by Gasteiger charge is 2.02. The smallest absolute Gasteiger partial charge is 0.177 e. The van der Waals surface area contributed by atoms with Crippen molar-refractivity contribution >= 4 is 11.9 Å². The average molecular weight is 320 g/mol. The fourth-order valence-electron chi connectivity index (χ4n) is 2.19. The molecule has 0 aliphatic heterocycles. The quantitative estimate of drug-likeness (QED) is 0.212. The van der Waals surface area contributed by atoms with Crippen molar-refractivity contribution in [3.8, 4) is 11.8 Å². The molecule has 0 fully saturated rings. The van der Waals surface area contributed by atoms with Gasteiger partial charge in [-0.05, 0) is 36.6 Å². The van der Waals surface area contributed by atoms with Crippen molar-refractivity contribution in [1.82, 2.24) is 5.32 Å². The number of nitrogens with one attached hydrogen (secondary N) is 1. The summed E-state index contributed by atoms with van der Waals surface area (Å²) >= 11 is 0. The van der Waals surface area contributed by atoms with E-state index in [1.807, 2.05) is 18.2 Å². The van der Waals surface area contributed by atoms with Crippen LogP contribution in [0.25, 0.3) is 5.70 Å². The number of nitrogens with zero attached hydrogens (tertiary/aromatic N) is 1. The molecular formula is C20H20N2O2. The van der Waals surface area contributed by atoms with E-state index in [0.29, 0.717) is 24.5 Å². The molecule has 1 aromatic heterocycles. The first kappa shape index (κ1) is 17.2. The molecule has 0 aliphatic rings. The molecule has 0 saturated heterocycles. The predicted octanol–water partition coefficient (Wildman–Crippen LogP) is 3.95. The molecule has 122 valence electrons. The maximum atomic E-state index is 8.44. The van der Waals surface area contributed by atoms with E-state index in [9.17, 15) is 0 Å². The Hall–Kier alpha value is -3.19. The number of allylic oxidation sites excluding steroid dienone is 2. The van der Waals surface area contributed by atoms with Gasteiger partial charge in [0.25, 0.3) is 0 Å². The van der Waals surface area contributed by atoms with Crippen molar-refractivity contribution in [1.29, 1.82) is 0 Å². The molecule has 2 rings (SSSR count). The lowest BCUT2D eigenvalue weighted by molar-refractivity contribution is 0.320. The molecule has 1 heterocycles. The van der Waals surface area contributed by atoms with Gasteiger partial charge in [-0.25, -0.2) is 0 Å². The molecule has 0 unspecified atom stereocenters. The first-order chi connectivity index (χ1) is 11.7. The molecule has 0 saturated carbocycles. The summed E-state index contributed by atoms with van der Waals surface area (Å²) in [6, 6.07) is 11.6. The van der Waals surface area contributed by atoms with Crippen LogP contribution in [-0.4, -0.2) is 18.0 Å². The number of aryl methyl sites for hydroxylation is 1. The van der Waals surface area contributed by atoms with Gasteiger partial charge in [-0.2, -0.15) is 0 Å². The summed E-state index contributed by atoms with van der Waals surface area (Å²) in [4.78, 5) is 0. The molecule has 0 spiro atoms. The predicted molar refractivity (Wildman–Crippen MR) is 96.9 cm³/mol. The molecule has 4 heteroatoms. The molecule has 2 N–H and O–H groups in total. The second-order valence-corrected chi connectivity index (χ2v) is 5.06. The third kappa shape index (κ3) is 4.92. The minimum Gasteiger partial charge on any atom is -0.447 e. The maximum absolute atomic E-state index is 8.44. The third-order valence-corrected chi connectivity index (χ3v) is 3.31. The van der Waals surface area contributed by atoms with Crippen LogP contribution in [0.1, 0.15) is 29.1 Å². The van der Waals surface area contributed by atoms with E-state index in [1.165, 1.54) is 11.8 Å². The van der Waals surface area contributed by atoms with E-state index in [0.717, 1.165) is 11.3 Å². The van der Waals surface area contributed by atoms with Crippen molar-refractivity contribution in [2.24, 2.45) is 5.16 Å². The van der Waals surface area contributed by atoms with Crippen LogP contribution in [0.5, 0.6) is 0 Å². The maximum Gasteiger partial charge on any atom is 0.177 e. The third-order valence-electron chi connectivity index (χ3n) is 3.31. The average Bonchev–Trinajstić information content (AvgIpc) is 3.02. The first-order valence-electron chi connectivity index (χ1n) is 7.63. The van der Waals surface area contributed by atoms with Crippen LogP contribution in [0.4, 0.5) is 0 Å². The summed E-state index contributed by atoms with van der Waals surface area (Å²) < 4.78 is 5.35. The number of hydrogen-bond acceptors (Lipinski definition) is 4. The number of furan rings is 1. The second kappa shape index (κ2) is 9.06. The van der Waals surface area contributed by atoms with Crippen LogP contribution in [0.2, 0.25) is 0 Å². The summed E-state index contributed by atoms with van der Waals surface area (Å²) in [5, 5.41) is 14.7. The van der Waals surface area contributed by atoms with E-state index < -0.39 is 0 Å². The lowest BCUT2D eigenvalue weighted by atomic mass is 10.1. The standard InChI is InChI=1S/C20H20N2O2/c1-3-8-20(19-11-5-4-9-16(19)2)21-14-7-6-10-17-12-13-18(24-17)15-22-23/h3-5,8-9,11-13,15,21,23H,1,7,14H2,2H3/b20-8+,22-15+. The lowest BCUT2D eigenvalue weighted by Crippen LogP contribution is -2.14. The van der Waals surface area contributed by atoms with Crippen molar-refractivity contribution in [3.05, 3.63) is 77.8 Å². The topological polar surface area (TPSA) is 57.8 Å². The van der Waals surface area contributed by atoms with Crippen molar-refractivity contribution < 1.29 is 9.62 Å². The van der Waals surface area contributed by atoms with Crippen molar-refractivity contribution in [3.63, 3.8) is 0 Å². The highest BCUT2D eigenvalue weighted by Crippen LogP contribution is 2.16. The number of hydrogen-bond donors (Lipinski definition) is 2. The molecule has 2 aromatic rings. The largest absolute Gasteiger partial charge is 0.447 e. The molecule has 0 bridgehead atoms. The van der Waals surface area contributed by atoms with Gasteiger partial charge in [-0.1, -0.05) is 48.0 Å². The van der Waals surface area contributed by atoms with Crippen LogP contribution >= 0.6 is 0 Å². The highest BCUT2D eigenvalue weighted by atomic mass is 16.4. The van der Waals surface area contributed by atoms with Crippen LogP contribution < -0.4 is 5.32 Å². The van der Waals surface area contributed by atoms with Gasteiger partial charge in [0.05, 0.1) is 0 Å². The van der Waals surface area contributed by atoms with Gasteiger partial charge >= 0.3 is 0 Å². The van der Waals surface area contributed by atoms with Crippen molar-refractivity contribution in [2.45, 2.75) is 13.3 Å². The van der Waals surface area contributed by atoms with Crippen LogP contribution in [0, 0.1) is 18.8 Å². The first-order valence-corrected chi connectivity index (χ1v) is 7.63. The Morgan fingerprint density at radius 3 is 2.92 bits per heavy atom. The molecule has 4 nitrogen and oxygen atoms in total.